The standard InChI is InChI=1S/C13H17N3O/c1-2-7-15-8-9-16(13(15)17)10-11-3-5-12(14)6-4-11/h3-6,8-9H,2,7,10,14H2,1H3. The molecule has 1 heterocycles. The van der Waals surface area contributed by atoms with Gasteiger partial charge in [-0.3, -0.25) is 9.13 Å². The summed E-state index contributed by atoms with van der Waals surface area (Å²) in [6.07, 6.45) is 4.63. The number of nitrogens with two attached hydrogens (primary N) is 1. The molecule has 0 atom stereocenters. The summed E-state index contributed by atoms with van der Waals surface area (Å²) in [6.45, 7) is 3.42. The Hall–Kier alpha value is -1.97. The smallest absolute Gasteiger partial charge is 0.328 e. The Kier molecular flexibility index (Phi) is 3.32. The van der Waals surface area contributed by atoms with Crippen LogP contribution in [0.1, 0.15) is 18.9 Å². The molecule has 1 aromatic carbocycles. The van der Waals surface area contributed by atoms with Crippen molar-refractivity contribution in [3.8, 4) is 0 Å². The summed E-state index contributed by atoms with van der Waals surface area (Å²) < 4.78 is 3.44. The van der Waals surface area contributed by atoms with Gasteiger partial charge in [0, 0.05) is 24.6 Å². The zero-order chi connectivity index (χ0) is 12.3. The van der Waals surface area contributed by atoms with Gasteiger partial charge in [-0.2, -0.15) is 0 Å². The van der Waals surface area contributed by atoms with Crippen molar-refractivity contribution in [3.05, 3.63) is 52.7 Å². The molecule has 0 amide bonds. The fraction of sp³-hybridized carbons (Fsp3) is 0.308. The van der Waals surface area contributed by atoms with Gasteiger partial charge in [0.1, 0.15) is 0 Å². The van der Waals surface area contributed by atoms with Crippen molar-refractivity contribution in [3.63, 3.8) is 0 Å². The van der Waals surface area contributed by atoms with Gasteiger partial charge < -0.3 is 5.73 Å². The molecule has 0 aliphatic heterocycles. The topological polar surface area (TPSA) is 52.9 Å². The maximum atomic E-state index is 11.9. The van der Waals surface area contributed by atoms with E-state index < -0.39 is 0 Å². The first-order valence-corrected chi connectivity index (χ1v) is 5.80. The van der Waals surface area contributed by atoms with Gasteiger partial charge in [-0.15, -0.1) is 0 Å². The molecule has 0 bridgehead atoms. The van der Waals surface area contributed by atoms with Crippen molar-refractivity contribution in [2.75, 3.05) is 5.73 Å². The molecule has 2 aromatic rings. The summed E-state index contributed by atoms with van der Waals surface area (Å²) in [4.78, 5) is 11.9. The van der Waals surface area contributed by atoms with Gasteiger partial charge in [-0.1, -0.05) is 19.1 Å². The molecular weight excluding hydrogens is 214 g/mol. The van der Waals surface area contributed by atoms with Crippen LogP contribution < -0.4 is 11.4 Å². The number of hydrogen-bond donors (Lipinski definition) is 1. The fourth-order valence-corrected chi connectivity index (χ4v) is 1.80. The quantitative estimate of drug-likeness (QED) is 0.814. The first-order chi connectivity index (χ1) is 8.20. The lowest BCUT2D eigenvalue weighted by Crippen LogP contribution is -2.24. The van der Waals surface area contributed by atoms with E-state index in [9.17, 15) is 4.79 Å². The van der Waals surface area contributed by atoms with Crippen molar-refractivity contribution in [1.82, 2.24) is 9.13 Å². The van der Waals surface area contributed by atoms with E-state index in [1.165, 1.54) is 0 Å². The maximum Gasteiger partial charge on any atom is 0.328 e. The molecule has 4 nitrogen and oxygen atoms in total. The zero-order valence-electron chi connectivity index (χ0n) is 9.97. The average Bonchev–Trinajstić information content (AvgIpc) is 2.65. The number of hydrogen-bond acceptors (Lipinski definition) is 2. The Bertz CT molecular complexity index is 537. The van der Waals surface area contributed by atoms with Crippen LogP contribution >= 0.6 is 0 Å². The lowest BCUT2D eigenvalue weighted by molar-refractivity contribution is 0.624. The number of benzene rings is 1. The van der Waals surface area contributed by atoms with E-state index in [-0.39, 0.29) is 5.69 Å². The van der Waals surface area contributed by atoms with Crippen LogP contribution in [0.2, 0.25) is 0 Å². The van der Waals surface area contributed by atoms with E-state index >= 15 is 0 Å². The maximum absolute atomic E-state index is 11.9. The van der Waals surface area contributed by atoms with Gasteiger partial charge in [0.25, 0.3) is 0 Å². The number of imidazole rings is 1. The van der Waals surface area contributed by atoms with E-state index in [0.29, 0.717) is 6.54 Å². The molecule has 90 valence electrons. The molecule has 0 aliphatic rings. The number of nitrogens with zero attached hydrogens (tertiary/aromatic N) is 2. The third-order valence-electron chi connectivity index (χ3n) is 2.72. The van der Waals surface area contributed by atoms with Gasteiger partial charge >= 0.3 is 5.69 Å². The minimum atomic E-state index is 0.0451. The number of aromatic nitrogens is 2. The minimum Gasteiger partial charge on any atom is -0.399 e. The van der Waals surface area contributed by atoms with Crippen LogP contribution in [0.3, 0.4) is 0 Å². The van der Waals surface area contributed by atoms with Gasteiger partial charge in [-0.25, -0.2) is 4.79 Å². The summed E-state index contributed by atoms with van der Waals surface area (Å²) in [5.41, 5.74) is 7.49. The summed E-state index contributed by atoms with van der Waals surface area (Å²) in [6, 6.07) is 7.59. The first kappa shape index (κ1) is 11.5. The monoisotopic (exact) mass is 231 g/mol. The average molecular weight is 231 g/mol. The van der Waals surface area contributed by atoms with Gasteiger partial charge in [0.15, 0.2) is 0 Å². The third-order valence-corrected chi connectivity index (χ3v) is 2.72. The molecule has 0 fully saturated rings. The van der Waals surface area contributed by atoms with Crippen molar-refractivity contribution < 1.29 is 0 Å². The van der Waals surface area contributed by atoms with Crippen LogP contribution in [0.25, 0.3) is 0 Å². The van der Waals surface area contributed by atoms with Crippen LogP contribution in [0, 0.1) is 0 Å². The van der Waals surface area contributed by atoms with E-state index in [0.717, 1.165) is 24.2 Å². The molecular formula is C13H17N3O. The Labute approximate surface area is 100 Å². The summed E-state index contributed by atoms with van der Waals surface area (Å²) in [7, 11) is 0. The molecule has 1 aromatic heterocycles. The molecule has 0 unspecified atom stereocenters. The fourth-order valence-electron chi connectivity index (χ4n) is 1.80. The van der Waals surface area contributed by atoms with Crippen molar-refractivity contribution in [2.24, 2.45) is 0 Å². The summed E-state index contributed by atoms with van der Waals surface area (Å²) in [5.74, 6) is 0. The number of rotatable bonds is 4. The second-order valence-corrected chi connectivity index (χ2v) is 4.14. The molecule has 0 saturated heterocycles. The number of aryl methyl sites for hydroxylation is 1. The number of anilines is 1. The molecule has 0 aliphatic carbocycles. The Morgan fingerprint density at radius 3 is 2.41 bits per heavy atom. The Morgan fingerprint density at radius 1 is 1.12 bits per heavy atom. The van der Waals surface area contributed by atoms with Crippen LogP contribution in [0.15, 0.2) is 41.5 Å². The first-order valence-electron chi connectivity index (χ1n) is 5.80. The van der Waals surface area contributed by atoms with Gasteiger partial charge in [-0.05, 0) is 24.1 Å². The van der Waals surface area contributed by atoms with Crippen molar-refractivity contribution >= 4 is 5.69 Å². The van der Waals surface area contributed by atoms with E-state index in [1.807, 2.05) is 36.7 Å². The molecule has 2 N–H and O–H groups in total. The predicted molar refractivity (Wildman–Crippen MR) is 68.9 cm³/mol. The van der Waals surface area contributed by atoms with Crippen LogP contribution in [-0.4, -0.2) is 9.13 Å². The zero-order valence-corrected chi connectivity index (χ0v) is 9.97. The Morgan fingerprint density at radius 2 is 1.76 bits per heavy atom. The molecule has 4 heteroatoms. The lowest BCUT2D eigenvalue weighted by Gasteiger charge is -2.02. The third kappa shape index (κ3) is 2.58. The predicted octanol–water partition coefficient (Wildman–Crippen LogP) is 1.69. The molecule has 0 radical (unpaired) electrons. The summed E-state index contributed by atoms with van der Waals surface area (Å²) >= 11 is 0. The Balaban J connectivity index is 2.19. The van der Waals surface area contributed by atoms with E-state index in [4.69, 9.17) is 5.73 Å². The largest absolute Gasteiger partial charge is 0.399 e. The summed E-state index contributed by atoms with van der Waals surface area (Å²) in [5, 5.41) is 0. The van der Waals surface area contributed by atoms with Crippen LogP contribution in [-0.2, 0) is 13.1 Å². The molecule has 0 spiro atoms. The van der Waals surface area contributed by atoms with Gasteiger partial charge in [0.05, 0.1) is 6.54 Å². The highest BCUT2D eigenvalue weighted by Crippen LogP contribution is 2.06. The second-order valence-electron chi connectivity index (χ2n) is 4.14. The second kappa shape index (κ2) is 4.91. The van der Waals surface area contributed by atoms with Crippen LogP contribution in [0.4, 0.5) is 5.69 Å². The highest BCUT2D eigenvalue weighted by Gasteiger charge is 2.02. The van der Waals surface area contributed by atoms with E-state index in [1.54, 1.807) is 9.13 Å². The number of nitrogen functional groups attached to an aromatic ring is 1. The molecule has 17 heavy (non-hydrogen) atoms. The van der Waals surface area contributed by atoms with Gasteiger partial charge in [0.2, 0.25) is 0 Å². The molecule has 2 rings (SSSR count). The lowest BCUT2D eigenvalue weighted by atomic mass is 10.2. The van der Waals surface area contributed by atoms with Crippen molar-refractivity contribution in [1.29, 1.82) is 0 Å². The normalized spacial score (nSPS) is 10.6. The highest BCUT2D eigenvalue weighted by molar-refractivity contribution is 5.39. The molecule has 0 saturated carbocycles. The SMILES string of the molecule is CCCn1ccn(Cc2ccc(N)cc2)c1=O. The van der Waals surface area contributed by atoms with E-state index in [2.05, 4.69) is 6.92 Å². The van der Waals surface area contributed by atoms with Crippen molar-refractivity contribution in [2.45, 2.75) is 26.4 Å². The highest BCUT2D eigenvalue weighted by atomic mass is 16.1. The van der Waals surface area contributed by atoms with Crippen LogP contribution in [0.5, 0.6) is 0 Å². The minimum absolute atomic E-state index is 0.0451.